The van der Waals surface area contributed by atoms with Crippen LogP contribution in [0.4, 0.5) is 0 Å². The predicted octanol–water partition coefficient (Wildman–Crippen LogP) is 2.57. The molecule has 1 aromatic heterocycles. The lowest BCUT2D eigenvalue weighted by Gasteiger charge is -2.06. The number of carboxylic acid groups (broad SMARTS) is 1. The molecule has 0 amide bonds. The molecule has 0 aliphatic carbocycles. The highest BCUT2D eigenvalue weighted by Gasteiger charge is 2.09. The van der Waals surface area contributed by atoms with Crippen molar-refractivity contribution in [1.29, 1.82) is 0 Å². The molecule has 1 N–H and O–H groups in total. The average molecular weight is 260 g/mol. The Labute approximate surface area is 111 Å². The fourth-order valence-electron chi connectivity index (χ4n) is 1.79. The van der Waals surface area contributed by atoms with Crippen molar-refractivity contribution in [2.75, 3.05) is 0 Å². The molecule has 0 radical (unpaired) electrons. The van der Waals surface area contributed by atoms with Gasteiger partial charge in [-0.2, -0.15) is 5.10 Å². The van der Waals surface area contributed by atoms with E-state index >= 15 is 0 Å². The summed E-state index contributed by atoms with van der Waals surface area (Å²) in [7, 11) is 0. The quantitative estimate of drug-likeness (QED) is 0.867. The molecule has 0 atom stereocenters. The molecule has 5 heteroatoms. The molecule has 0 bridgehead atoms. The Kier molecular flexibility index (Phi) is 4.18. The van der Waals surface area contributed by atoms with Gasteiger partial charge in [0.1, 0.15) is 6.61 Å². The molecule has 1 heterocycles. The molecule has 0 aliphatic rings. The number of aromatic carboxylic acids is 1. The van der Waals surface area contributed by atoms with Gasteiger partial charge < -0.3 is 9.84 Å². The van der Waals surface area contributed by atoms with Crippen LogP contribution in [-0.4, -0.2) is 20.9 Å². The third-order valence-corrected chi connectivity index (χ3v) is 2.70. The largest absolute Gasteiger partial charge is 0.486 e. The van der Waals surface area contributed by atoms with Gasteiger partial charge in [0.25, 0.3) is 0 Å². The Morgan fingerprint density at radius 1 is 1.42 bits per heavy atom. The number of nitrogens with zero attached hydrogens (tertiary/aromatic N) is 2. The Morgan fingerprint density at radius 3 is 2.95 bits per heavy atom. The van der Waals surface area contributed by atoms with Crippen molar-refractivity contribution in [2.24, 2.45) is 0 Å². The van der Waals surface area contributed by atoms with Crippen molar-refractivity contribution in [3.8, 4) is 5.75 Å². The average Bonchev–Trinajstić information content (AvgIpc) is 2.85. The van der Waals surface area contributed by atoms with E-state index in [0.717, 1.165) is 13.0 Å². The summed E-state index contributed by atoms with van der Waals surface area (Å²) in [5.74, 6) is -0.297. The first-order valence-electron chi connectivity index (χ1n) is 6.17. The summed E-state index contributed by atoms with van der Waals surface area (Å²) < 4.78 is 7.37. The second kappa shape index (κ2) is 6.04. The van der Waals surface area contributed by atoms with Crippen LogP contribution in [0.1, 0.15) is 29.3 Å². The Hall–Kier alpha value is -2.30. The standard InChI is InChI=1S/C14H16N2O3/c1-2-7-16-9-12(8-15-16)19-10-11-5-3-4-6-13(11)14(17)18/h3-6,8-9H,2,7,10H2,1H3,(H,17,18). The van der Waals surface area contributed by atoms with Crippen molar-refractivity contribution in [3.05, 3.63) is 47.8 Å². The van der Waals surface area contributed by atoms with E-state index in [1.165, 1.54) is 0 Å². The molecule has 0 fully saturated rings. The Morgan fingerprint density at radius 2 is 2.21 bits per heavy atom. The van der Waals surface area contributed by atoms with E-state index in [9.17, 15) is 4.79 Å². The van der Waals surface area contributed by atoms with Gasteiger partial charge in [-0.1, -0.05) is 25.1 Å². The van der Waals surface area contributed by atoms with E-state index in [1.807, 2.05) is 6.20 Å². The monoisotopic (exact) mass is 260 g/mol. The second-order valence-corrected chi connectivity index (χ2v) is 4.19. The molecule has 2 aromatic rings. The first-order valence-corrected chi connectivity index (χ1v) is 6.17. The number of benzene rings is 1. The third-order valence-electron chi connectivity index (χ3n) is 2.70. The Bertz CT molecular complexity index is 563. The highest BCUT2D eigenvalue weighted by atomic mass is 16.5. The number of rotatable bonds is 6. The Balaban J connectivity index is 2.03. The maximum absolute atomic E-state index is 11.1. The molecular weight excluding hydrogens is 244 g/mol. The molecule has 19 heavy (non-hydrogen) atoms. The number of aryl methyl sites for hydroxylation is 1. The number of carboxylic acids is 1. The SMILES string of the molecule is CCCn1cc(OCc2ccccc2C(=O)O)cn1. The van der Waals surface area contributed by atoms with Crippen LogP contribution in [0.2, 0.25) is 0 Å². The van der Waals surface area contributed by atoms with Crippen LogP contribution in [0, 0.1) is 0 Å². The molecule has 0 spiro atoms. The lowest BCUT2D eigenvalue weighted by molar-refractivity contribution is 0.0694. The van der Waals surface area contributed by atoms with Crippen LogP contribution in [0.25, 0.3) is 0 Å². The minimum absolute atomic E-state index is 0.223. The van der Waals surface area contributed by atoms with Gasteiger partial charge in [0.15, 0.2) is 5.75 Å². The zero-order valence-electron chi connectivity index (χ0n) is 10.7. The fraction of sp³-hybridized carbons (Fsp3) is 0.286. The summed E-state index contributed by atoms with van der Waals surface area (Å²) >= 11 is 0. The summed E-state index contributed by atoms with van der Waals surface area (Å²) in [4.78, 5) is 11.1. The van der Waals surface area contributed by atoms with Crippen molar-refractivity contribution < 1.29 is 14.6 Å². The predicted molar refractivity (Wildman–Crippen MR) is 70.3 cm³/mol. The van der Waals surface area contributed by atoms with Gasteiger partial charge in [-0.25, -0.2) is 4.79 Å². The molecule has 2 rings (SSSR count). The summed E-state index contributed by atoms with van der Waals surface area (Å²) in [6, 6.07) is 6.82. The van der Waals surface area contributed by atoms with Gasteiger partial charge >= 0.3 is 5.97 Å². The third kappa shape index (κ3) is 3.34. The van der Waals surface area contributed by atoms with E-state index in [1.54, 1.807) is 35.1 Å². The van der Waals surface area contributed by atoms with Gasteiger partial charge in [-0.3, -0.25) is 4.68 Å². The number of aromatic nitrogens is 2. The van der Waals surface area contributed by atoms with E-state index in [-0.39, 0.29) is 12.2 Å². The van der Waals surface area contributed by atoms with Gasteiger partial charge in [-0.05, 0) is 12.5 Å². The minimum Gasteiger partial charge on any atom is -0.486 e. The first kappa shape index (κ1) is 13.1. The maximum atomic E-state index is 11.1. The topological polar surface area (TPSA) is 64.3 Å². The summed E-state index contributed by atoms with van der Waals surface area (Å²) in [5, 5.41) is 13.2. The highest BCUT2D eigenvalue weighted by Crippen LogP contribution is 2.14. The maximum Gasteiger partial charge on any atom is 0.336 e. The van der Waals surface area contributed by atoms with E-state index in [4.69, 9.17) is 9.84 Å². The summed E-state index contributed by atoms with van der Waals surface area (Å²) in [6.07, 6.45) is 4.45. The molecule has 5 nitrogen and oxygen atoms in total. The van der Waals surface area contributed by atoms with Crippen LogP contribution >= 0.6 is 0 Å². The van der Waals surface area contributed by atoms with E-state index in [2.05, 4.69) is 12.0 Å². The van der Waals surface area contributed by atoms with Gasteiger partial charge in [0.2, 0.25) is 0 Å². The van der Waals surface area contributed by atoms with Crippen molar-refractivity contribution in [3.63, 3.8) is 0 Å². The molecule has 1 aromatic carbocycles. The number of hydrogen-bond acceptors (Lipinski definition) is 3. The van der Waals surface area contributed by atoms with Crippen LogP contribution in [0.5, 0.6) is 5.75 Å². The molecule has 0 saturated heterocycles. The summed E-state index contributed by atoms with van der Waals surface area (Å²) in [6.45, 7) is 3.14. The molecular formula is C14H16N2O3. The van der Waals surface area contributed by atoms with E-state index < -0.39 is 5.97 Å². The zero-order valence-corrected chi connectivity index (χ0v) is 10.7. The zero-order chi connectivity index (χ0) is 13.7. The summed E-state index contributed by atoms with van der Waals surface area (Å²) in [5.41, 5.74) is 0.918. The van der Waals surface area contributed by atoms with Crippen LogP contribution in [0.3, 0.4) is 0 Å². The van der Waals surface area contributed by atoms with Crippen molar-refractivity contribution in [2.45, 2.75) is 26.5 Å². The smallest absolute Gasteiger partial charge is 0.336 e. The van der Waals surface area contributed by atoms with Gasteiger partial charge in [0.05, 0.1) is 18.0 Å². The van der Waals surface area contributed by atoms with E-state index in [0.29, 0.717) is 11.3 Å². The number of ether oxygens (including phenoxy) is 1. The minimum atomic E-state index is -0.944. The van der Waals surface area contributed by atoms with Crippen LogP contribution < -0.4 is 4.74 Å². The number of carbonyl (C=O) groups is 1. The first-order chi connectivity index (χ1) is 9.20. The molecule has 0 aliphatic heterocycles. The number of hydrogen-bond donors (Lipinski definition) is 1. The fourth-order valence-corrected chi connectivity index (χ4v) is 1.79. The van der Waals surface area contributed by atoms with Crippen LogP contribution in [0.15, 0.2) is 36.7 Å². The molecule has 100 valence electrons. The van der Waals surface area contributed by atoms with Crippen molar-refractivity contribution in [1.82, 2.24) is 9.78 Å². The van der Waals surface area contributed by atoms with Crippen molar-refractivity contribution >= 4 is 5.97 Å². The van der Waals surface area contributed by atoms with Gasteiger partial charge in [-0.15, -0.1) is 0 Å². The van der Waals surface area contributed by atoms with Gasteiger partial charge in [0, 0.05) is 12.1 Å². The second-order valence-electron chi connectivity index (χ2n) is 4.19. The lowest BCUT2D eigenvalue weighted by Crippen LogP contribution is -2.05. The molecule has 0 saturated carbocycles. The molecule has 0 unspecified atom stereocenters. The lowest BCUT2D eigenvalue weighted by atomic mass is 10.1. The normalized spacial score (nSPS) is 10.4. The van der Waals surface area contributed by atoms with Crippen LogP contribution in [-0.2, 0) is 13.2 Å². The highest BCUT2D eigenvalue weighted by molar-refractivity contribution is 5.89.